The van der Waals surface area contributed by atoms with Crippen molar-refractivity contribution in [2.75, 3.05) is 94.9 Å². The SMILES string of the molecule is CC(C)Oc1ccc2c(c1)C(c1cc(N3CCN(CCN4CC(CCN5CCN(c6ccc7c(c6)C(=O)N(C6CCC(=O)NC6=O)C7=O)CC5)C4)CC3)ncn1)=NC2. The Labute approximate surface area is 339 Å². The first-order chi connectivity index (χ1) is 28.2. The van der Waals surface area contributed by atoms with E-state index in [0.29, 0.717) is 17.7 Å². The molecular formula is C43H52N10O5. The number of amides is 4. The summed E-state index contributed by atoms with van der Waals surface area (Å²) < 4.78 is 5.95. The highest BCUT2D eigenvalue weighted by molar-refractivity contribution is 6.23. The van der Waals surface area contributed by atoms with Crippen molar-refractivity contribution in [2.24, 2.45) is 10.9 Å². The Balaban J connectivity index is 0.675. The van der Waals surface area contributed by atoms with Crippen LogP contribution in [0.5, 0.6) is 5.75 Å². The molecule has 6 aliphatic heterocycles. The number of piperazine rings is 2. The third kappa shape index (κ3) is 7.82. The van der Waals surface area contributed by atoms with E-state index in [1.807, 2.05) is 26.0 Å². The number of piperidine rings is 1. The summed E-state index contributed by atoms with van der Waals surface area (Å²) in [6.07, 6.45) is 3.24. The molecule has 0 radical (unpaired) electrons. The van der Waals surface area contributed by atoms with Crippen LogP contribution in [0.4, 0.5) is 11.5 Å². The molecule has 0 aliphatic carbocycles. The number of rotatable bonds is 12. The summed E-state index contributed by atoms with van der Waals surface area (Å²) in [4.78, 5) is 77.9. The van der Waals surface area contributed by atoms with Gasteiger partial charge in [-0.05, 0) is 75.0 Å². The van der Waals surface area contributed by atoms with Gasteiger partial charge in [-0.1, -0.05) is 6.07 Å². The van der Waals surface area contributed by atoms with E-state index >= 15 is 0 Å². The van der Waals surface area contributed by atoms with Gasteiger partial charge in [0.15, 0.2) is 0 Å². The molecule has 1 aromatic heterocycles. The van der Waals surface area contributed by atoms with Gasteiger partial charge >= 0.3 is 0 Å². The molecule has 58 heavy (non-hydrogen) atoms. The van der Waals surface area contributed by atoms with Crippen LogP contribution in [-0.2, 0) is 16.1 Å². The lowest BCUT2D eigenvalue weighted by Crippen LogP contribution is -2.54. The van der Waals surface area contributed by atoms with Crippen LogP contribution >= 0.6 is 0 Å². The predicted octanol–water partition coefficient (Wildman–Crippen LogP) is 2.28. The highest BCUT2D eigenvalue weighted by Crippen LogP contribution is 2.32. The molecule has 1 atom stereocenters. The van der Waals surface area contributed by atoms with Gasteiger partial charge < -0.3 is 19.4 Å². The first kappa shape index (κ1) is 38.3. The van der Waals surface area contributed by atoms with E-state index in [0.717, 1.165) is 117 Å². The van der Waals surface area contributed by atoms with Gasteiger partial charge in [0, 0.05) is 102 Å². The normalized spacial score (nSPS) is 22.0. The van der Waals surface area contributed by atoms with Gasteiger partial charge in [-0.3, -0.25) is 44.2 Å². The molecule has 4 saturated heterocycles. The second kappa shape index (κ2) is 16.2. The van der Waals surface area contributed by atoms with Crippen molar-refractivity contribution in [3.05, 3.63) is 76.7 Å². The molecule has 0 spiro atoms. The summed E-state index contributed by atoms with van der Waals surface area (Å²) in [6, 6.07) is 12.7. The number of ether oxygens (including phenoxy) is 1. The third-order valence-corrected chi connectivity index (χ3v) is 12.5. The molecular weight excluding hydrogens is 737 g/mol. The number of carbonyl (C=O) groups is 4. The molecule has 7 heterocycles. The number of fused-ring (bicyclic) bond motifs is 2. The van der Waals surface area contributed by atoms with E-state index < -0.39 is 23.8 Å². The predicted molar refractivity (Wildman–Crippen MR) is 219 cm³/mol. The second-order valence-electron chi connectivity index (χ2n) is 16.7. The molecule has 1 unspecified atom stereocenters. The van der Waals surface area contributed by atoms with Gasteiger partial charge in [-0.15, -0.1) is 0 Å². The van der Waals surface area contributed by atoms with E-state index in [4.69, 9.17) is 9.73 Å². The summed E-state index contributed by atoms with van der Waals surface area (Å²) >= 11 is 0. The Bertz CT molecular complexity index is 2120. The molecule has 4 fully saturated rings. The van der Waals surface area contributed by atoms with E-state index in [1.54, 1.807) is 18.5 Å². The van der Waals surface area contributed by atoms with Gasteiger partial charge in [0.2, 0.25) is 11.8 Å². The minimum absolute atomic E-state index is 0.107. The third-order valence-electron chi connectivity index (χ3n) is 12.5. The lowest BCUT2D eigenvalue weighted by atomic mass is 9.96. The minimum Gasteiger partial charge on any atom is -0.491 e. The quantitative estimate of drug-likeness (QED) is 0.269. The maximum absolute atomic E-state index is 13.3. The van der Waals surface area contributed by atoms with Gasteiger partial charge in [-0.25, -0.2) is 9.97 Å². The number of anilines is 2. The van der Waals surface area contributed by atoms with Gasteiger partial charge in [0.25, 0.3) is 11.8 Å². The largest absolute Gasteiger partial charge is 0.491 e. The van der Waals surface area contributed by atoms with Crippen molar-refractivity contribution in [3.63, 3.8) is 0 Å². The van der Waals surface area contributed by atoms with Crippen LogP contribution in [-0.4, -0.2) is 156 Å². The van der Waals surface area contributed by atoms with Crippen molar-refractivity contribution in [1.29, 1.82) is 0 Å². The molecule has 15 nitrogen and oxygen atoms in total. The van der Waals surface area contributed by atoms with Crippen LogP contribution in [0.1, 0.15) is 70.6 Å². The molecule has 9 rings (SSSR count). The van der Waals surface area contributed by atoms with E-state index in [2.05, 4.69) is 58.0 Å². The van der Waals surface area contributed by atoms with Crippen LogP contribution in [0.3, 0.4) is 0 Å². The Morgan fingerprint density at radius 2 is 1.48 bits per heavy atom. The zero-order valence-corrected chi connectivity index (χ0v) is 33.4. The zero-order valence-electron chi connectivity index (χ0n) is 33.4. The van der Waals surface area contributed by atoms with E-state index in [1.165, 1.54) is 25.1 Å². The molecule has 15 heteroatoms. The van der Waals surface area contributed by atoms with Crippen molar-refractivity contribution in [1.82, 2.24) is 34.9 Å². The topological polar surface area (TPSA) is 147 Å². The Kier molecular flexibility index (Phi) is 10.7. The molecule has 6 aliphatic rings. The summed E-state index contributed by atoms with van der Waals surface area (Å²) in [7, 11) is 0. The summed E-state index contributed by atoms with van der Waals surface area (Å²) in [5.74, 6) is 0.647. The van der Waals surface area contributed by atoms with Crippen molar-refractivity contribution < 1.29 is 23.9 Å². The van der Waals surface area contributed by atoms with Crippen LogP contribution < -0.4 is 19.9 Å². The average Bonchev–Trinajstić information content (AvgIpc) is 3.74. The smallest absolute Gasteiger partial charge is 0.262 e. The number of aliphatic imine (C=N–C) groups is 1. The number of likely N-dealkylation sites (tertiary alicyclic amines) is 1. The van der Waals surface area contributed by atoms with Crippen molar-refractivity contribution >= 4 is 40.8 Å². The van der Waals surface area contributed by atoms with Crippen molar-refractivity contribution in [3.8, 4) is 5.75 Å². The maximum Gasteiger partial charge on any atom is 0.262 e. The number of benzene rings is 2. The highest BCUT2D eigenvalue weighted by atomic mass is 16.5. The molecule has 2 aromatic carbocycles. The van der Waals surface area contributed by atoms with E-state index in [9.17, 15) is 19.2 Å². The fourth-order valence-electron chi connectivity index (χ4n) is 9.15. The maximum atomic E-state index is 13.3. The number of nitrogens with one attached hydrogen (secondary N) is 1. The number of aromatic nitrogens is 2. The number of hydrogen-bond acceptors (Lipinski definition) is 13. The van der Waals surface area contributed by atoms with Gasteiger partial charge in [-0.2, -0.15) is 0 Å². The Hall–Kier alpha value is -5.25. The monoisotopic (exact) mass is 788 g/mol. The molecule has 3 aromatic rings. The number of nitrogens with zero attached hydrogens (tertiary/aromatic N) is 9. The fraction of sp³-hybridized carbons (Fsp3) is 0.512. The van der Waals surface area contributed by atoms with Gasteiger partial charge in [0.05, 0.1) is 35.2 Å². The molecule has 1 N–H and O–H groups in total. The van der Waals surface area contributed by atoms with Crippen molar-refractivity contribution in [2.45, 2.75) is 51.8 Å². The van der Waals surface area contributed by atoms with Crippen LogP contribution in [0.25, 0.3) is 0 Å². The summed E-state index contributed by atoms with van der Waals surface area (Å²) in [6.45, 7) is 17.8. The Morgan fingerprint density at radius 3 is 2.24 bits per heavy atom. The van der Waals surface area contributed by atoms with Gasteiger partial charge in [0.1, 0.15) is 23.9 Å². The first-order valence-electron chi connectivity index (χ1n) is 20.9. The lowest BCUT2D eigenvalue weighted by molar-refractivity contribution is -0.136. The highest BCUT2D eigenvalue weighted by Gasteiger charge is 2.45. The van der Waals surface area contributed by atoms with Crippen LogP contribution in [0, 0.1) is 5.92 Å². The molecule has 0 saturated carbocycles. The zero-order chi connectivity index (χ0) is 39.9. The fourth-order valence-corrected chi connectivity index (χ4v) is 9.15. The van der Waals surface area contributed by atoms with Crippen LogP contribution in [0.15, 0.2) is 53.8 Å². The van der Waals surface area contributed by atoms with Crippen LogP contribution in [0.2, 0.25) is 0 Å². The standard InChI is InChI=1S/C43H52N10O5/c1-28(2)58-32-5-3-30-24-44-40(34(30)22-32)36-23-38(46-27-45-36)52-19-15-49(16-20-52)11-12-50-25-29(26-50)9-10-48-13-17-51(18-14-48)31-4-6-33-35(21-31)43(57)53(42(33)56)37-7-8-39(54)47-41(37)55/h3-6,21-23,27-29,37H,7-20,24-26H2,1-2H3,(H,47,54,55). The second-order valence-corrected chi connectivity index (χ2v) is 16.7. The Morgan fingerprint density at radius 1 is 0.759 bits per heavy atom. The molecule has 304 valence electrons. The molecule has 4 amide bonds. The first-order valence-corrected chi connectivity index (χ1v) is 20.9. The van der Waals surface area contributed by atoms with E-state index in [-0.39, 0.29) is 24.9 Å². The number of carbonyl (C=O) groups excluding carboxylic acids is 4. The minimum atomic E-state index is -0.953. The number of hydrogen-bond donors (Lipinski definition) is 1. The average molecular weight is 789 g/mol. The summed E-state index contributed by atoms with van der Waals surface area (Å²) in [5, 5.41) is 2.25. The number of imide groups is 2. The lowest BCUT2D eigenvalue weighted by Gasteiger charge is -2.43. The summed E-state index contributed by atoms with van der Waals surface area (Å²) in [5.41, 5.74) is 5.62. The molecule has 0 bridgehead atoms.